The van der Waals surface area contributed by atoms with E-state index < -0.39 is 0 Å². The number of hydrogen-bond acceptors (Lipinski definition) is 2. The fourth-order valence-electron chi connectivity index (χ4n) is 1.74. The highest BCUT2D eigenvalue weighted by Crippen LogP contribution is 2.31. The summed E-state index contributed by atoms with van der Waals surface area (Å²) < 4.78 is 0. The van der Waals surface area contributed by atoms with Gasteiger partial charge in [-0.2, -0.15) is 0 Å². The Bertz CT molecular complexity index is 511. The summed E-state index contributed by atoms with van der Waals surface area (Å²) in [5.74, 6) is 0.947. The van der Waals surface area contributed by atoms with Crippen LogP contribution >= 0.6 is 23.4 Å². The first kappa shape index (κ1) is 13.5. The highest BCUT2D eigenvalue weighted by molar-refractivity contribution is 7.98. The van der Waals surface area contributed by atoms with Crippen molar-refractivity contribution in [3.05, 3.63) is 64.7 Å². The quantitative estimate of drug-likeness (QED) is 0.823. The fourth-order valence-corrected chi connectivity index (χ4v) is 3.01. The molecule has 0 amide bonds. The Hall–Kier alpha value is -0.960. The fraction of sp³-hybridized carbons (Fsp3) is 0.200. The zero-order valence-electron chi connectivity index (χ0n) is 10.3. The van der Waals surface area contributed by atoms with Crippen molar-refractivity contribution in [2.24, 2.45) is 5.73 Å². The summed E-state index contributed by atoms with van der Waals surface area (Å²) in [7, 11) is 0. The van der Waals surface area contributed by atoms with Crippen LogP contribution in [0.15, 0.2) is 53.4 Å². The van der Waals surface area contributed by atoms with Crippen LogP contribution in [0.2, 0.25) is 5.02 Å². The number of benzene rings is 2. The molecule has 2 rings (SSSR count). The molecule has 0 aliphatic heterocycles. The van der Waals surface area contributed by atoms with Crippen LogP contribution in [0.1, 0.15) is 24.1 Å². The molecule has 0 aliphatic carbocycles. The molecule has 0 fully saturated rings. The van der Waals surface area contributed by atoms with E-state index in [1.807, 2.05) is 25.1 Å². The van der Waals surface area contributed by atoms with Crippen LogP contribution in [-0.4, -0.2) is 0 Å². The lowest BCUT2D eigenvalue weighted by molar-refractivity contribution is 0.797. The minimum absolute atomic E-state index is 0.00183. The molecule has 3 heteroatoms. The molecule has 94 valence electrons. The summed E-state index contributed by atoms with van der Waals surface area (Å²) in [4.78, 5) is 1.21. The Kier molecular flexibility index (Phi) is 4.70. The van der Waals surface area contributed by atoms with E-state index in [2.05, 4.69) is 30.3 Å². The predicted octanol–water partition coefficient (Wildman–Crippen LogP) is 4.65. The number of thioether (sulfide) groups is 1. The van der Waals surface area contributed by atoms with Crippen LogP contribution in [0, 0.1) is 0 Å². The summed E-state index contributed by atoms with van der Waals surface area (Å²) in [5, 5.41) is 0.742. The maximum absolute atomic E-state index is 6.01. The summed E-state index contributed by atoms with van der Waals surface area (Å²) in [5.41, 5.74) is 8.41. The van der Waals surface area contributed by atoms with Crippen LogP contribution in [-0.2, 0) is 5.75 Å². The van der Waals surface area contributed by atoms with Gasteiger partial charge in [0.1, 0.15) is 0 Å². The first-order chi connectivity index (χ1) is 8.66. The molecule has 1 atom stereocenters. The van der Waals surface area contributed by atoms with E-state index in [9.17, 15) is 0 Å². The van der Waals surface area contributed by atoms with Gasteiger partial charge in [-0.05, 0) is 36.2 Å². The first-order valence-corrected chi connectivity index (χ1v) is 7.25. The molecule has 2 aromatic carbocycles. The van der Waals surface area contributed by atoms with E-state index in [4.69, 9.17) is 17.3 Å². The summed E-state index contributed by atoms with van der Waals surface area (Å²) in [6.45, 7) is 1.98. The van der Waals surface area contributed by atoms with E-state index in [0.717, 1.165) is 16.3 Å². The highest BCUT2D eigenvalue weighted by atomic mass is 35.5. The Morgan fingerprint density at radius 2 is 1.89 bits per heavy atom. The van der Waals surface area contributed by atoms with Crippen LogP contribution in [0.3, 0.4) is 0 Å². The normalized spacial score (nSPS) is 12.4. The average Bonchev–Trinajstić information content (AvgIpc) is 2.38. The third kappa shape index (κ3) is 3.52. The van der Waals surface area contributed by atoms with Crippen LogP contribution < -0.4 is 5.73 Å². The first-order valence-electron chi connectivity index (χ1n) is 5.88. The van der Waals surface area contributed by atoms with Gasteiger partial charge in [-0.15, -0.1) is 11.8 Å². The summed E-state index contributed by atoms with van der Waals surface area (Å²) >= 11 is 7.81. The topological polar surface area (TPSA) is 26.0 Å². The van der Waals surface area contributed by atoms with Crippen molar-refractivity contribution in [2.45, 2.75) is 23.6 Å². The Morgan fingerprint density at radius 3 is 2.56 bits per heavy atom. The zero-order valence-corrected chi connectivity index (χ0v) is 11.8. The second-order valence-corrected chi connectivity index (χ2v) is 5.70. The van der Waals surface area contributed by atoms with Gasteiger partial charge in [0.2, 0.25) is 0 Å². The van der Waals surface area contributed by atoms with Crippen LogP contribution in [0.5, 0.6) is 0 Å². The van der Waals surface area contributed by atoms with Crippen molar-refractivity contribution in [3.63, 3.8) is 0 Å². The van der Waals surface area contributed by atoms with Gasteiger partial charge in [0.25, 0.3) is 0 Å². The van der Waals surface area contributed by atoms with Crippen LogP contribution in [0.25, 0.3) is 0 Å². The smallest absolute Gasteiger partial charge is 0.0410 e. The lowest BCUT2D eigenvalue weighted by atomic mass is 10.1. The average molecular weight is 278 g/mol. The van der Waals surface area contributed by atoms with Gasteiger partial charge in [-0.25, -0.2) is 0 Å². The van der Waals surface area contributed by atoms with Gasteiger partial charge in [0, 0.05) is 21.7 Å². The van der Waals surface area contributed by atoms with E-state index in [1.165, 1.54) is 10.5 Å². The molecular formula is C15H16ClNS. The molecule has 18 heavy (non-hydrogen) atoms. The lowest BCUT2D eigenvalue weighted by Crippen LogP contribution is -2.06. The van der Waals surface area contributed by atoms with Gasteiger partial charge < -0.3 is 5.73 Å². The van der Waals surface area contributed by atoms with Gasteiger partial charge in [0.05, 0.1) is 0 Å². The highest BCUT2D eigenvalue weighted by Gasteiger charge is 2.08. The minimum Gasteiger partial charge on any atom is -0.324 e. The van der Waals surface area contributed by atoms with E-state index in [1.54, 1.807) is 11.8 Å². The molecule has 1 nitrogen and oxygen atoms in total. The number of nitrogens with two attached hydrogens (primary N) is 1. The molecule has 0 heterocycles. The van der Waals surface area contributed by atoms with E-state index in [-0.39, 0.29) is 6.04 Å². The lowest BCUT2D eigenvalue weighted by Gasteiger charge is -2.12. The minimum atomic E-state index is 0.00183. The molecule has 0 aliphatic rings. The summed E-state index contributed by atoms with van der Waals surface area (Å²) in [6.07, 6.45) is 0. The van der Waals surface area contributed by atoms with Gasteiger partial charge >= 0.3 is 0 Å². The molecule has 0 radical (unpaired) electrons. The van der Waals surface area contributed by atoms with Crippen molar-refractivity contribution in [1.29, 1.82) is 0 Å². The molecule has 2 aromatic rings. The van der Waals surface area contributed by atoms with E-state index >= 15 is 0 Å². The largest absolute Gasteiger partial charge is 0.324 e. The monoisotopic (exact) mass is 277 g/mol. The Labute approximate surface area is 117 Å². The number of hydrogen-bond donors (Lipinski definition) is 1. The molecule has 0 bridgehead atoms. The van der Waals surface area contributed by atoms with Gasteiger partial charge in [-0.3, -0.25) is 0 Å². The second kappa shape index (κ2) is 6.28. The molecular weight excluding hydrogens is 262 g/mol. The molecule has 1 unspecified atom stereocenters. The number of rotatable bonds is 4. The van der Waals surface area contributed by atoms with Crippen molar-refractivity contribution >= 4 is 23.4 Å². The van der Waals surface area contributed by atoms with Crippen molar-refractivity contribution < 1.29 is 0 Å². The van der Waals surface area contributed by atoms with Gasteiger partial charge in [-0.1, -0.05) is 41.9 Å². The maximum Gasteiger partial charge on any atom is 0.0410 e. The third-order valence-corrected chi connectivity index (χ3v) is 4.10. The Balaban J connectivity index is 2.14. The molecule has 0 saturated heterocycles. The molecule has 0 aromatic heterocycles. The molecule has 0 spiro atoms. The van der Waals surface area contributed by atoms with E-state index in [0.29, 0.717) is 0 Å². The summed E-state index contributed by atoms with van der Waals surface area (Å²) in [6, 6.07) is 16.3. The standard InChI is InChI=1S/C15H16ClNS/c1-11(17)14-9-13(16)7-8-15(14)18-10-12-5-3-2-4-6-12/h2-9,11H,10,17H2,1H3. The zero-order chi connectivity index (χ0) is 13.0. The Morgan fingerprint density at radius 1 is 1.17 bits per heavy atom. The van der Waals surface area contributed by atoms with Crippen molar-refractivity contribution in [3.8, 4) is 0 Å². The third-order valence-electron chi connectivity index (χ3n) is 2.70. The predicted molar refractivity (Wildman–Crippen MR) is 80.1 cm³/mol. The number of halogens is 1. The second-order valence-electron chi connectivity index (χ2n) is 4.25. The molecule has 2 N–H and O–H groups in total. The van der Waals surface area contributed by atoms with Gasteiger partial charge in [0.15, 0.2) is 0 Å². The SMILES string of the molecule is CC(N)c1cc(Cl)ccc1SCc1ccccc1. The van der Waals surface area contributed by atoms with Crippen molar-refractivity contribution in [1.82, 2.24) is 0 Å². The molecule has 0 saturated carbocycles. The van der Waals surface area contributed by atoms with Crippen molar-refractivity contribution in [2.75, 3.05) is 0 Å². The maximum atomic E-state index is 6.01. The van der Waals surface area contributed by atoms with Crippen LogP contribution in [0.4, 0.5) is 0 Å².